The minimum atomic E-state index is -0.271. The second-order valence-electron chi connectivity index (χ2n) is 6.21. The van der Waals surface area contributed by atoms with Crippen molar-refractivity contribution in [2.75, 3.05) is 10.6 Å². The average molecular weight is 423 g/mol. The van der Waals surface area contributed by atoms with Crippen LogP contribution >= 0.6 is 23.2 Å². The quantitative estimate of drug-likeness (QED) is 0.392. The van der Waals surface area contributed by atoms with Gasteiger partial charge in [0, 0.05) is 11.6 Å². The number of nitrogens with zero attached hydrogens (tertiary/aromatic N) is 2. The Kier molecular flexibility index (Phi) is 5.51. The zero-order chi connectivity index (χ0) is 20.2. The summed E-state index contributed by atoms with van der Waals surface area (Å²) in [6.45, 7) is 0. The zero-order valence-corrected chi connectivity index (χ0v) is 16.7. The van der Waals surface area contributed by atoms with Gasteiger partial charge in [0.2, 0.25) is 0 Å². The molecule has 29 heavy (non-hydrogen) atoms. The first kappa shape index (κ1) is 19.1. The molecule has 2 N–H and O–H groups in total. The molecule has 0 saturated heterocycles. The van der Waals surface area contributed by atoms with Crippen LogP contribution in [-0.2, 0) is 0 Å². The highest BCUT2D eigenvalue weighted by atomic mass is 35.5. The number of carbonyl (C=O) groups excluding carboxylic acids is 1. The summed E-state index contributed by atoms with van der Waals surface area (Å²) in [6, 6.07) is 25.3. The van der Waals surface area contributed by atoms with Gasteiger partial charge in [-0.25, -0.2) is 0 Å². The van der Waals surface area contributed by atoms with E-state index >= 15 is 0 Å². The Morgan fingerprint density at radius 3 is 1.93 bits per heavy atom. The molecule has 0 unspecified atom stereocenters. The number of para-hydroxylation sites is 2. The van der Waals surface area contributed by atoms with Gasteiger partial charge >= 0.3 is 0 Å². The lowest BCUT2D eigenvalue weighted by Gasteiger charge is -2.09. The van der Waals surface area contributed by atoms with Crippen molar-refractivity contribution in [3.8, 4) is 0 Å². The fourth-order valence-electron chi connectivity index (χ4n) is 2.79. The second kappa shape index (κ2) is 8.39. The number of rotatable bonds is 5. The van der Waals surface area contributed by atoms with Crippen LogP contribution in [0.2, 0.25) is 10.0 Å². The number of nitrogens with one attached hydrogen (secondary N) is 2. The molecule has 0 aliphatic rings. The highest BCUT2D eigenvalue weighted by Gasteiger charge is 2.17. The van der Waals surface area contributed by atoms with Crippen molar-refractivity contribution >= 4 is 52.1 Å². The lowest BCUT2D eigenvalue weighted by molar-refractivity contribution is 0.0948. The topological polar surface area (TPSA) is 59.0 Å². The summed E-state index contributed by atoms with van der Waals surface area (Å²) in [5.41, 5.74) is 1.87. The van der Waals surface area contributed by atoms with E-state index in [1.165, 1.54) is 4.68 Å². The minimum absolute atomic E-state index is 0.271. The van der Waals surface area contributed by atoms with Gasteiger partial charge in [-0.05, 0) is 36.4 Å². The molecule has 1 heterocycles. The minimum Gasteiger partial charge on any atom is -0.339 e. The number of hydrogen-bond acceptors (Lipinski definition) is 4. The highest BCUT2D eigenvalue weighted by Crippen LogP contribution is 2.29. The first-order chi connectivity index (χ1) is 14.1. The van der Waals surface area contributed by atoms with E-state index < -0.39 is 0 Å². The van der Waals surface area contributed by atoms with Crippen LogP contribution in [0.4, 0.5) is 23.0 Å². The summed E-state index contributed by atoms with van der Waals surface area (Å²) in [5.74, 6) is 0.672. The molecule has 3 aromatic carbocycles. The Morgan fingerprint density at radius 2 is 1.31 bits per heavy atom. The predicted octanol–water partition coefficient (Wildman–Crippen LogP) is 6.37. The van der Waals surface area contributed by atoms with Gasteiger partial charge in [-0.3, -0.25) is 4.79 Å². The van der Waals surface area contributed by atoms with E-state index in [2.05, 4.69) is 15.7 Å². The van der Waals surface area contributed by atoms with E-state index in [0.717, 1.165) is 0 Å². The van der Waals surface area contributed by atoms with Crippen molar-refractivity contribution in [2.45, 2.75) is 0 Å². The van der Waals surface area contributed by atoms with Gasteiger partial charge < -0.3 is 10.6 Å². The fraction of sp³-hybridized carbons (Fsp3) is 0. The summed E-state index contributed by atoms with van der Waals surface area (Å²) in [4.78, 5) is 13.0. The van der Waals surface area contributed by atoms with Gasteiger partial charge in [0.1, 0.15) is 5.82 Å². The van der Waals surface area contributed by atoms with Crippen molar-refractivity contribution in [2.24, 2.45) is 0 Å². The van der Waals surface area contributed by atoms with Crippen LogP contribution in [0.15, 0.2) is 84.9 Å². The van der Waals surface area contributed by atoms with Crippen LogP contribution in [0.1, 0.15) is 10.4 Å². The fourth-order valence-corrected chi connectivity index (χ4v) is 3.16. The summed E-state index contributed by atoms with van der Waals surface area (Å²) >= 11 is 12.5. The molecule has 7 heteroatoms. The van der Waals surface area contributed by atoms with Crippen LogP contribution in [0.5, 0.6) is 0 Å². The molecule has 0 radical (unpaired) electrons. The van der Waals surface area contributed by atoms with Gasteiger partial charge in [-0.1, -0.05) is 65.7 Å². The first-order valence-corrected chi connectivity index (χ1v) is 9.60. The molecule has 0 atom stereocenters. The lowest BCUT2D eigenvalue weighted by atomic mass is 10.2. The van der Waals surface area contributed by atoms with Gasteiger partial charge in [0.15, 0.2) is 5.82 Å². The maximum Gasteiger partial charge on any atom is 0.280 e. The molecule has 0 saturated carbocycles. The smallest absolute Gasteiger partial charge is 0.280 e. The number of aromatic nitrogens is 2. The van der Waals surface area contributed by atoms with Crippen LogP contribution in [-0.4, -0.2) is 15.7 Å². The largest absolute Gasteiger partial charge is 0.339 e. The molecular weight excluding hydrogens is 407 g/mol. The third-order valence-electron chi connectivity index (χ3n) is 4.20. The van der Waals surface area contributed by atoms with E-state index in [4.69, 9.17) is 23.2 Å². The normalized spacial score (nSPS) is 10.6. The Hall–Kier alpha value is -3.28. The molecule has 4 aromatic rings. The standard InChI is InChI=1S/C22H16Cl2N4O/c23-16-10-4-6-12-18(16)25-20-14-21(26-19-13-7-5-11-17(19)24)28(27-20)22(29)15-8-2-1-3-9-15/h1-14,26H,(H,25,27). The van der Waals surface area contributed by atoms with E-state index in [1.807, 2.05) is 42.5 Å². The van der Waals surface area contributed by atoms with Crippen molar-refractivity contribution in [3.05, 3.63) is 101 Å². The summed E-state index contributed by atoms with van der Waals surface area (Å²) in [7, 11) is 0. The monoisotopic (exact) mass is 422 g/mol. The summed E-state index contributed by atoms with van der Waals surface area (Å²) in [5, 5.41) is 11.9. The molecule has 5 nitrogen and oxygen atoms in total. The second-order valence-corrected chi connectivity index (χ2v) is 7.02. The van der Waals surface area contributed by atoms with Crippen LogP contribution in [0.25, 0.3) is 0 Å². The average Bonchev–Trinajstić information content (AvgIpc) is 3.14. The maximum absolute atomic E-state index is 13.0. The molecule has 0 aliphatic heterocycles. The van der Waals surface area contributed by atoms with Crippen LogP contribution in [0, 0.1) is 0 Å². The van der Waals surface area contributed by atoms with E-state index in [0.29, 0.717) is 38.6 Å². The molecule has 0 bridgehead atoms. The molecular formula is C22H16Cl2N4O. The SMILES string of the molecule is O=C(c1ccccc1)n1nc(Nc2ccccc2Cl)cc1Nc1ccccc1Cl. The first-order valence-electron chi connectivity index (χ1n) is 8.85. The van der Waals surface area contributed by atoms with Crippen molar-refractivity contribution in [1.82, 2.24) is 9.78 Å². The highest BCUT2D eigenvalue weighted by molar-refractivity contribution is 6.33. The third kappa shape index (κ3) is 4.26. The lowest BCUT2D eigenvalue weighted by Crippen LogP contribution is -2.16. The van der Waals surface area contributed by atoms with Gasteiger partial charge in [-0.2, -0.15) is 4.68 Å². The molecule has 4 rings (SSSR count). The van der Waals surface area contributed by atoms with Gasteiger partial charge in [0.05, 0.1) is 21.4 Å². The Morgan fingerprint density at radius 1 is 0.759 bits per heavy atom. The number of hydrogen-bond donors (Lipinski definition) is 2. The van der Waals surface area contributed by atoms with Crippen molar-refractivity contribution in [1.29, 1.82) is 0 Å². The number of halogens is 2. The molecule has 1 aromatic heterocycles. The van der Waals surface area contributed by atoms with Gasteiger partial charge in [-0.15, -0.1) is 5.10 Å². The molecule has 144 valence electrons. The molecule has 0 amide bonds. The predicted molar refractivity (Wildman–Crippen MR) is 118 cm³/mol. The van der Waals surface area contributed by atoms with Crippen molar-refractivity contribution < 1.29 is 4.79 Å². The number of carbonyl (C=O) groups is 1. The Bertz CT molecular complexity index is 1160. The Balaban J connectivity index is 1.73. The summed E-state index contributed by atoms with van der Waals surface area (Å²) in [6.07, 6.45) is 0. The van der Waals surface area contributed by atoms with Gasteiger partial charge in [0.25, 0.3) is 5.91 Å². The molecule has 0 spiro atoms. The van der Waals surface area contributed by atoms with E-state index in [-0.39, 0.29) is 5.91 Å². The van der Waals surface area contributed by atoms with Crippen molar-refractivity contribution in [3.63, 3.8) is 0 Å². The number of anilines is 4. The maximum atomic E-state index is 13.0. The number of benzene rings is 3. The van der Waals surface area contributed by atoms with Crippen LogP contribution < -0.4 is 10.6 Å². The van der Waals surface area contributed by atoms with E-state index in [1.54, 1.807) is 42.5 Å². The van der Waals surface area contributed by atoms with E-state index in [9.17, 15) is 4.79 Å². The molecule has 0 fully saturated rings. The zero-order valence-electron chi connectivity index (χ0n) is 15.1. The van der Waals surface area contributed by atoms with Crippen LogP contribution in [0.3, 0.4) is 0 Å². The summed E-state index contributed by atoms with van der Waals surface area (Å²) < 4.78 is 1.30. The third-order valence-corrected chi connectivity index (χ3v) is 4.85. The molecule has 0 aliphatic carbocycles. The Labute approximate surface area is 177 Å².